The van der Waals surface area contributed by atoms with Gasteiger partial charge in [-0.05, 0) is 62.4 Å². The van der Waals surface area contributed by atoms with E-state index in [2.05, 4.69) is 61.5 Å². The SMILES string of the molecule is CCCC(CC)Nc1nccc(-c2c(-c3occc3C)nn3c(NC(CC)CCC)cccc23)n1. The monoisotopic (exact) mass is 474 g/mol. The van der Waals surface area contributed by atoms with Crippen LogP contribution in [-0.2, 0) is 0 Å². The Balaban J connectivity index is 1.85. The summed E-state index contributed by atoms with van der Waals surface area (Å²) < 4.78 is 7.90. The van der Waals surface area contributed by atoms with Gasteiger partial charge in [0.1, 0.15) is 11.5 Å². The zero-order valence-electron chi connectivity index (χ0n) is 21.6. The molecule has 2 N–H and O–H groups in total. The van der Waals surface area contributed by atoms with Gasteiger partial charge >= 0.3 is 0 Å². The van der Waals surface area contributed by atoms with Crippen LogP contribution in [0.25, 0.3) is 28.2 Å². The van der Waals surface area contributed by atoms with Gasteiger partial charge < -0.3 is 15.1 Å². The van der Waals surface area contributed by atoms with Gasteiger partial charge in [0, 0.05) is 18.3 Å². The quantitative estimate of drug-likeness (QED) is 0.224. The molecule has 4 rings (SSSR count). The van der Waals surface area contributed by atoms with Crippen LogP contribution in [0.1, 0.15) is 71.8 Å². The predicted molar refractivity (Wildman–Crippen MR) is 144 cm³/mol. The Hall–Kier alpha value is -3.35. The van der Waals surface area contributed by atoms with Crippen molar-refractivity contribution in [2.45, 2.75) is 85.2 Å². The van der Waals surface area contributed by atoms with E-state index in [0.717, 1.165) is 78.1 Å². The van der Waals surface area contributed by atoms with Crippen LogP contribution in [0.5, 0.6) is 0 Å². The van der Waals surface area contributed by atoms with E-state index in [1.54, 1.807) is 6.26 Å². The molecule has 0 aromatic carbocycles. The molecule has 0 amide bonds. The summed E-state index contributed by atoms with van der Waals surface area (Å²) in [4.78, 5) is 9.45. The van der Waals surface area contributed by atoms with Gasteiger partial charge in [-0.25, -0.2) is 14.5 Å². The van der Waals surface area contributed by atoms with Gasteiger partial charge in [0.2, 0.25) is 5.95 Å². The molecule has 0 radical (unpaired) electrons. The molecule has 35 heavy (non-hydrogen) atoms. The first-order valence-corrected chi connectivity index (χ1v) is 13.0. The number of nitrogens with zero attached hydrogens (tertiary/aromatic N) is 4. The number of aromatic nitrogens is 4. The molecule has 0 aliphatic carbocycles. The Morgan fingerprint density at radius 2 is 1.69 bits per heavy atom. The lowest BCUT2D eigenvalue weighted by molar-refractivity contribution is 0.577. The molecule has 4 aromatic rings. The first kappa shape index (κ1) is 24.8. The van der Waals surface area contributed by atoms with Gasteiger partial charge in [0.15, 0.2) is 5.76 Å². The van der Waals surface area contributed by atoms with Crippen LogP contribution in [0.4, 0.5) is 11.8 Å². The molecule has 0 aliphatic heterocycles. The average molecular weight is 475 g/mol. The molecular weight excluding hydrogens is 436 g/mol. The molecule has 4 heterocycles. The Morgan fingerprint density at radius 3 is 2.34 bits per heavy atom. The highest BCUT2D eigenvalue weighted by Gasteiger charge is 2.23. The van der Waals surface area contributed by atoms with Crippen molar-refractivity contribution in [1.82, 2.24) is 19.6 Å². The van der Waals surface area contributed by atoms with Crippen LogP contribution < -0.4 is 10.6 Å². The van der Waals surface area contributed by atoms with Crippen LogP contribution in [-0.4, -0.2) is 31.7 Å². The van der Waals surface area contributed by atoms with Gasteiger partial charge in [-0.1, -0.05) is 46.6 Å². The minimum absolute atomic E-state index is 0.353. The lowest BCUT2D eigenvalue weighted by atomic mass is 10.1. The van der Waals surface area contributed by atoms with Crippen molar-refractivity contribution < 1.29 is 4.42 Å². The fraction of sp³-hybridized carbons (Fsp3) is 0.464. The topological polar surface area (TPSA) is 80.3 Å². The van der Waals surface area contributed by atoms with E-state index in [4.69, 9.17) is 14.5 Å². The van der Waals surface area contributed by atoms with E-state index in [-0.39, 0.29) is 0 Å². The molecule has 7 heteroatoms. The van der Waals surface area contributed by atoms with Gasteiger partial charge in [-0.3, -0.25) is 0 Å². The van der Waals surface area contributed by atoms with E-state index in [1.165, 1.54) is 0 Å². The number of hydrogen-bond donors (Lipinski definition) is 2. The Bertz CT molecular complexity index is 1240. The maximum Gasteiger partial charge on any atom is 0.223 e. The van der Waals surface area contributed by atoms with E-state index < -0.39 is 0 Å². The van der Waals surface area contributed by atoms with Gasteiger partial charge in [-0.15, -0.1) is 0 Å². The van der Waals surface area contributed by atoms with Crippen LogP contribution in [0, 0.1) is 6.92 Å². The zero-order chi connectivity index (χ0) is 24.8. The summed E-state index contributed by atoms with van der Waals surface area (Å²) in [6.07, 6.45) is 10.1. The lowest BCUT2D eigenvalue weighted by Crippen LogP contribution is -2.20. The van der Waals surface area contributed by atoms with Crippen LogP contribution in [0.2, 0.25) is 0 Å². The first-order chi connectivity index (χ1) is 17.1. The molecule has 7 nitrogen and oxygen atoms in total. The molecule has 0 bridgehead atoms. The van der Waals surface area contributed by atoms with Gasteiger partial charge in [0.05, 0.1) is 23.0 Å². The van der Waals surface area contributed by atoms with Gasteiger partial charge in [0.25, 0.3) is 0 Å². The van der Waals surface area contributed by atoms with Crippen molar-refractivity contribution in [3.05, 3.63) is 48.4 Å². The van der Waals surface area contributed by atoms with E-state index >= 15 is 0 Å². The van der Waals surface area contributed by atoms with E-state index in [0.29, 0.717) is 18.0 Å². The zero-order valence-corrected chi connectivity index (χ0v) is 21.6. The average Bonchev–Trinajstić information content (AvgIpc) is 3.47. The smallest absolute Gasteiger partial charge is 0.223 e. The molecule has 186 valence electrons. The second-order valence-electron chi connectivity index (χ2n) is 9.21. The third-order valence-corrected chi connectivity index (χ3v) is 6.59. The third-order valence-electron chi connectivity index (χ3n) is 6.59. The van der Waals surface area contributed by atoms with E-state index in [9.17, 15) is 0 Å². The number of aryl methyl sites for hydroxylation is 1. The van der Waals surface area contributed by atoms with Crippen molar-refractivity contribution in [2.75, 3.05) is 10.6 Å². The van der Waals surface area contributed by atoms with Crippen LogP contribution in [0.15, 0.2) is 47.2 Å². The van der Waals surface area contributed by atoms with Crippen molar-refractivity contribution >= 4 is 17.3 Å². The van der Waals surface area contributed by atoms with Crippen molar-refractivity contribution in [3.8, 4) is 22.7 Å². The Morgan fingerprint density at radius 1 is 0.943 bits per heavy atom. The number of anilines is 2. The summed E-state index contributed by atoms with van der Waals surface area (Å²) in [5, 5.41) is 12.3. The number of pyridine rings is 1. The molecule has 2 unspecified atom stereocenters. The number of hydrogen-bond acceptors (Lipinski definition) is 6. The Kier molecular flexibility index (Phi) is 8.06. The summed E-state index contributed by atoms with van der Waals surface area (Å²) in [7, 11) is 0. The van der Waals surface area contributed by atoms with Crippen molar-refractivity contribution in [3.63, 3.8) is 0 Å². The molecule has 2 atom stereocenters. The number of fused-ring (bicyclic) bond motifs is 1. The largest absolute Gasteiger partial charge is 0.462 e. The molecule has 0 saturated heterocycles. The number of nitrogens with one attached hydrogen (secondary N) is 2. The molecule has 0 aliphatic rings. The normalized spacial score (nSPS) is 13.2. The predicted octanol–water partition coefficient (Wildman–Crippen LogP) is 7.34. The fourth-order valence-corrected chi connectivity index (χ4v) is 4.62. The molecular formula is C28H38N6O. The summed E-state index contributed by atoms with van der Waals surface area (Å²) in [6, 6.07) is 10.9. The number of furan rings is 1. The van der Waals surface area contributed by atoms with Crippen molar-refractivity contribution in [2.24, 2.45) is 0 Å². The highest BCUT2D eigenvalue weighted by molar-refractivity contribution is 5.91. The lowest BCUT2D eigenvalue weighted by Gasteiger charge is -2.18. The summed E-state index contributed by atoms with van der Waals surface area (Å²) in [5.74, 6) is 2.38. The molecule has 0 spiro atoms. The first-order valence-electron chi connectivity index (χ1n) is 13.0. The fourth-order valence-electron chi connectivity index (χ4n) is 4.62. The molecule has 0 saturated carbocycles. The standard InChI is InChI=1S/C28H38N6O/c1-6-11-20(8-3)30-24-14-10-13-23-25(26(33-34(23)24)27-19(5)16-18-35-27)22-15-17-29-28(32-22)31-21(9-4)12-7-2/h10,13-18,20-21,30H,6-9,11-12H2,1-5H3,(H,29,31,32). The van der Waals surface area contributed by atoms with Crippen LogP contribution >= 0.6 is 0 Å². The summed E-state index contributed by atoms with van der Waals surface area (Å²) in [6.45, 7) is 10.9. The molecule has 4 aromatic heterocycles. The minimum atomic E-state index is 0.353. The maximum absolute atomic E-state index is 5.91. The Labute approximate surface area is 208 Å². The van der Waals surface area contributed by atoms with E-state index in [1.807, 2.05) is 29.8 Å². The highest BCUT2D eigenvalue weighted by Crippen LogP contribution is 2.37. The van der Waals surface area contributed by atoms with Gasteiger partial charge in [-0.2, -0.15) is 5.10 Å². The van der Waals surface area contributed by atoms with Crippen LogP contribution in [0.3, 0.4) is 0 Å². The maximum atomic E-state index is 5.91. The second kappa shape index (κ2) is 11.4. The summed E-state index contributed by atoms with van der Waals surface area (Å²) in [5.41, 5.74) is 4.59. The minimum Gasteiger partial charge on any atom is -0.462 e. The number of rotatable bonds is 12. The second-order valence-corrected chi connectivity index (χ2v) is 9.21. The highest BCUT2D eigenvalue weighted by atomic mass is 16.3. The van der Waals surface area contributed by atoms with Crippen molar-refractivity contribution in [1.29, 1.82) is 0 Å². The third kappa shape index (κ3) is 5.34. The summed E-state index contributed by atoms with van der Waals surface area (Å²) >= 11 is 0. The molecule has 0 fully saturated rings.